The van der Waals surface area contributed by atoms with E-state index >= 15 is 0 Å². The predicted molar refractivity (Wildman–Crippen MR) is 104 cm³/mol. The molecule has 6 nitrogen and oxygen atoms in total. The van der Waals surface area contributed by atoms with E-state index < -0.39 is 11.8 Å². The molecule has 2 amide bonds. The second-order valence-electron chi connectivity index (χ2n) is 5.60. The second kappa shape index (κ2) is 7.97. The van der Waals surface area contributed by atoms with Crippen LogP contribution in [0.1, 0.15) is 5.56 Å². The lowest BCUT2D eigenvalue weighted by atomic mass is 10.1. The minimum Gasteiger partial charge on any atom is -0.493 e. The van der Waals surface area contributed by atoms with E-state index in [2.05, 4.69) is 12.0 Å². The third kappa shape index (κ3) is 3.80. The lowest BCUT2D eigenvalue weighted by Gasteiger charge is -2.14. The molecule has 0 saturated carbocycles. The fourth-order valence-electron chi connectivity index (χ4n) is 2.62. The first kappa shape index (κ1) is 18.5. The maximum absolute atomic E-state index is 12.7. The molecule has 1 heterocycles. The Morgan fingerprint density at radius 1 is 1.22 bits per heavy atom. The number of hydrogen-bond donors (Lipinski definition) is 1. The van der Waals surface area contributed by atoms with Gasteiger partial charge in [0.05, 0.1) is 12.8 Å². The Morgan fingerprint density at radius 3 is 2.63 bits per heavy atom. The van der Waals surface area contributed by atoms with Crippen LogP contribution in [0.2, 0.25) is 5.02 Å². The molecule has 0 radical (unpaired) electrons. The average molecular weight is 385 g/mol. The summed E-state index contributed by atoms with van der Waals surface area (Å²) in [6, 6.07) is 12.0. The zero-order valence-electron chi connectivity index (χ0n) is 14.6. The summed E-state index contributed by atoms with van der Waals surface area (Å²) >= 11 is 6.14. The number of nitrogens with zero attached hydrogens (tertiary/aromatic N) is 1. The highest BCUT2D eigenvalue weighted by Crippen LogP contribution is 2.36. The Labute approximate surface area is 161 Å². The number of rotatable bonds is 6. The summed E-state index contributed by atoms with van der Waals surface area (Å²) in [7, 11) is 1.48. The number of amides is 2. The molecule has 0 atom stereocenters. The molecular formula is C20H17ClN2O4. The fourth-order valence-corrected chi connectivity index (χ4v) is 2.83. The van der Waals surface area contributed by atoms with Crippen LogP contribution >= 0.6 is 11.6 Å². The van der Waals surface area contributed by atoms with E-state index in [1.54, 1.807) is 42.5 Å². The van der Waals surface area contributed by atoms with Gasteiger partial charge in [-0.2, -0.15) is 0 Å². The van der Waals surface area contributed by atoms with Crippen LogP contribution in [0.25, 0.3) is 6.08 Å². The number of carbonyl (C=O) groups is 2. The van der Waals surface area contributed by atoms with Crippen molar-refractivity contribution in [3.8, 4) is 11.5 Å². The summed E-state index contributed by atoms with van der Waals surface area (Å²) in [5.74, 6) is -0.229. The van der Waals surface area contributed by atoms with Gasteiger partial charge in [-0.25, -0.2) is 5.01 Å². The monoisotopic (exact) mass is 384 g/mol. The number of methoxy groups -OCH3 is 1. The van der Waals surface area contributed by atoms with Crippen LogP contribution in [0.15, 0.2) is 60.7 Å². The molecule has 3 rings (SSSR count). The first-order chi connectivity index (χ1) is 13.0. The molecule has 1 aliphatic rings. The van der Waals surface area contributed by atoms with Gasteiger partial charge in [0.25, 0.3) is 11.8 Å². The van der Waals surface area contributed by atoms with Crippen molar-refractivity contribution in [2.24, 2.45) is 0 Å². The van der Waals surface area contributed by atoms with Crippen LogP contribution in [0, 0.1) is 0 Å². The van der Waals surface area contributed by atoms with Crippen molar-refractivity contribution in [2.75, 3.05) is 18.7 Å². The molecule has 0 aromatic heterocycles. The zero-order chi connectivity index (χ0) is 19.4. The summed E-state index contributed by atoms with van der Waals surface area (Å²) in [5, 5.41) is 1.58. The number of ether oxygens (including phenoxy) is 2. The van der Waals surface area contributed by atoms with E-state index in [0.29, 0.717) is 27.8 Å². The molecule has 1 saturated heterocycles. The number of hydrogen-bond acceptors (Lipinski definition) is 4. The molecule has 27 heavy (non-hydrogen) atoms. The van der Waals surface area contributed by atoms with Crippen molar-refractivity contribution in [3.63, 3.8) is 0 Å². The molecule has 2 aromatic carbocycles. The van der Waals surface area contributed by atoms with E-state index in [1.807, 2.05) is 6.07 Å². The van der Waals surface area contributed by atoms with Gasteiger partial charge in [0, 0.05) is 16.7 Å². The maximum atomic E-state index is 12.7. The number of anilines is 1. The molecule has 0 spiro atoms. The van der Waals surface area contributed by atoms with E-state index in [4.69, 9.17) is 21.1 Å². The lowest BCUT2D eigenvalue weighted by molar-refractivity contribution is -0.117. The van der Waals surface area contributed by atoms with Crippen molar-refractivity contribution in [1.29, 1.82) is 0 Å². The molecule has 1 fully saturated rings. The molecule has 1 N–H and O–H groups in total. The first-order valence-corrected chi connectivity index (χ1v) is 8.46. The Morgan fingerprint density at radius 2 is 1.96 bits per heavy atom. The van der Waals surface area contributed by atoms with Crippen molar-refractivity contribution >= 4 is 35.2 Å². The van der Waals surface area contributed by atoms with Gasteiger partial charge < -0.3 is 9.47 Å². The number of hydrazine groups is 1. The van der Waals surface area contributed by atoms with E-state index in [9.17, 15) is 9.59 Å². The van der Waals surface area contributed by atoms with E-state index in [-0.39, 0.29) is 12.2 Å². The smallest absolute Gasteiger partial charge is 0.282 e. The second-order valence-corrected chi connectivity index (χ2v) is 6.04. The number of para-hydroxylation sites is 1. The van der Waals surface area contributed by atoms with Crippen molar-refractivity contribution in [1.82, 2.24) is 5.43 Å². The van der Waals surface area contributed by atoms with Crippen molar-refractivity contribution in [3.05, 3.63) is 71.3 Å². The minimum absolute atomic E-state index is 0.0355. The van der Waals surface area contributed by atoms with Gasteiger partial charge in [-0.15, -0.1) is 0 Å². The Balaban J connectivity index is 2.03. The van der Waals surface area contributed by atoms with Crippen LogP contribution in [0.4, 0.5) is 5.69 Å². The highest BCUT2D eigenvalue weighted by molar-refractivity contribution is 6.32. The third-order valence-corrected chi connectivity index (χ3v) is 4.04. The standard InChI is InChI=1S/C20H17ClN2O4/c1-3-9-27-18-13(10-14(21)12-17(18)26-2)11-16-19(24)22-23(20(16)25)15-7-5-4-6-8-15/h3-8,10-12H,1,9H2,2H3,(H,22,24)/b16-11-. The minimum atomic E-state index is -0.516. The van der Waals surface area contributed by atoms with Gasteiger partial charge in [-0.05, 0) is 24.3 Å². The van der Waals surface area contributed by atoms with Gasteiger partial charge in [0.15, 0.2) is 11.5 Å². The quantitative estimate of drug-likeness (QED) is 0.471. The third-order valence-electron chi connectivity index (χ3n) is 3.82. The number of benzene rings is 2. The van der Waals surface area contributed by atoms with Gasteiger partial charge >= 0.3 is 0 Å². The molecule has 0 unspecified atom stereocenters. The maximum Gasteiger partial charge on any atom is 0.282 e. The summed E-state index contributed by atoms with van der Waals surface area (Å²) in [5.41, 5.74) is 3.53. The largest absolute Gasteiger partial charge is 0.493 e. The molecule has 0 bridgehead atoms. The van der Waals surface area contributed by atoms with Crippen LogP contribution in [0.3, 0.4) is 0 Å². The predicted octanol–water partition coefficient (Wildman–Crippen LogP) is 3.37. The van der Waals surface area contributed by atoms with E-state index in [1.165, 1.54) is 18.2 Å². The van der Waals surface area contributed by atoms with Gasteiger partial charge in [-0.3, -0.25) is 15.0 Å². The molecule has 138 valence electrons. The Bertz CT molecular complexity index is 925. The Hall–Kier alpha value is -3.25. The van der Waals surface area contributed by atoms with E-state index in [0.717, 1.165) is 0 Å². The molecule has 7 heteroatoms. The topological polar surface area (TPSA) is 67.9 Å². The molecule has 1 aliphatic heterocycles. The lowest BCUT2D eigenvalue weighted by Crippen LogP contribution is -2.35. The Kier molecular flexibility index (Phi) is 5.47. The number of nitrogens with one attached hydrogen (secondary N) is 1. The average Bonchev–Trinajstić information content (AvgIpc) is 2.95. The summed E-state index contributed by atoms with van der Waals surface area (Å²) < 4.78 is 11.0. The SMILES string of the molecule is C=CCOc1c(/C=C2/C(=O)NN(c3ccccc3)C2=O)cc(Cl)cc1OC. The van der Waals surface area contributed by atoms with Crippen LogP contribution < -0.4 is 19.9 Å². The van der Waals surface area contributed by atoms with Gasteiger partial charge in [-0.1, -0.05) is 42.5 Å². The molecule has 0 aliphatic carbocycles. The van der Waals surface area contributed by atoms with Gasteiger partial charge in [0.1, 0.15) is 12.2 Å². The first-order valence-electron chi connectivity index (χ1n) is 8.08. The molecule has 2 aromatic rings. The van der Waals surface area contributed by atoms with Crippen molar-refractivity contribution < 1.29 is 19.1 Å². The summed E-state index contributed by atoms with van der Waals surface area (Å²) in [4.78, 5) is 25.1. The van der Waals surface area contributed by atoms with Crippen molar-refractivity contribution in [2.45, 2.75) is 0 Å². The number of halogens is 1. The summed E-state index contributed by atoms with van der Waals surface area (Å²) in [6.07, 6.45) is 3.02. The molecular weight excluding hydrogens is 368 g/mol. The van der Waals surface area contributed by atoms with Crippen LogP contribution in [-0.2, 0) is 9.59 Å². The zero-order valence-corrected chi connectivity index (χ0v) is 15.3. The highest BCUT2D eigenvalue weighted by Gasteiger charge is 2.34. The highest BCUT2D eigenvalue weighted by atomic mass is 35.5. The fraction of sp³-hybridized carbons (Fsp3) is 0.100. The van der Waals surface area contributed by atoms with Crippen LogP contribution in [0.5, 0.6) is 11.5 Å². The normalized spacial score (nSPS) is 15.0. The summed E-state index contributed by atoms with van der Waals surface area (Å²) in [6.45, 7) is 3.84. The van der Waals surface area contributed by atoms with Gasteiger partial charge in [0.2, 0.25) is 0 Å². The number of carbonyl (C=O) groups excluding carboxylic acids is 2. The van der Waals surface area contributed by atoms with Crippen LogP contribution in [-0.4, -0.2) is 25.5 Å².